The van der Waals surface area contributed by atoms with Crippen molar-refractivity contribution in [3.05, 3.63) is 65.3 Å². The summed E-state index contributed by atoms with van der Waals surface area (Å²) in [6.07, 6.45) is 1.93. The van der Waals surface area contributed by atoms with E-state index in [1.165, 1.54) is 12.1 Å². The van der Waals surface area contributed by atoms with Crippen molar-refractivity contribution >= 4 is 11.7 Å². The van der Waals surface area contributed by atoms with Gasteiger partial charge in [-0.1, -0.05) is 18.1 Å². The molecule has 34 heavy (non-hydrogen) atoms. The van der Waals surface area contributed by atoms with E-state index in [0.717, 1.165) is 18.9 Å². The summed E-state index contributed by atoms with van der Waals surface area (Å²) in [5.41, 5.74) is 0.871. The predicted molar refractivity (Wildman–Crippen MR) is 121 cm³/mol. The molecule has 1 aromatic heterocycles. The largest absolute Gasteiger partial charge is 0.481 e. The van der Waals surface area contributed by atoms with Gasteiger partial charge in [0.05, 0.1) is 12.2 Å². The Balaban J connectivity index is 1.45. The molecule has 0 radical (unpaired) electrons. The van der Waals surface area contributed by atoms with Crippen LogP contribution in [0.15, 0.2) is 47.0 Å². The lowest BCUT2D eigenvalue weighted by Crippen LogP contribution is -2.35. The molecule has 4 rings (SSSR count). The lowest BCUT2D eigenvalue weighted by molar-refractivity contribution is 0.0917. The Hall–Kier alpha value is -3.59. The maximum absolute atomic E-state index is 14.5. The number of benzene rings is 2. The highest BCUT2D eigenvalue weighted by atomic mass is 19.1. The van der Waals surface area contributed by atoms with Gasteiger partial charge in [0.2, 0.25) is 5.82 Å². The highest BCUT2D eigenvalue weighted by Crippen LogP contribution is 2.33. The van der Waals surface area contributed by atoms with Crippen LogP contribution < -0.4 is 10.1 Å². The predicted octanol–water partition coefficient (Wildman–Crippen LogP) is 4.11. The number of carbonyl (C=O) groups is 2. The highest BCUT2D eigenvalue weighted by Gasteiger charge is 2.30. The number of ketones is 1. The minimum Gasteiger partial charge on any atom is -0.481 e. The normalized spacial score (nSPS) is 14.9. The number of nitrogens with one attached hydrogen (secondary N) is 1. The van der Waals surface area contributed by atoms with Crippen LogP contribution in [0, 0.1) is 11.7 Å². The Morgan fingerprint density at radius 1 is 1.24 bits per heavy atom. The average Bonchev–Trinajstić information content (AvgIpc) is 3.58. The van der Waals surface area contributed by atoms with Crippen LogP contribution in [0.4, 0.5) is 4.39 Å². The number of carbonyl (C=O) groups excluding carboxylic acids is 2. The van der Waals surface area contributed by atoms with Crippen molar-refractivity contribution in [2.24, 2.45) is 5.92 Å². The van der Waals surface area contributed by atoms with Gasteiger partial charge in [-0.3, -0.25) is 9.59 Å². The van der Waals surface area contributed by atoms with Crippen molar-refractivity contribution in [3.63, 3.8) is 0 Å². The summed E-state index contributed by atoms with van der Waals surface area (Å²) in [7, 11) is 0. The van der Waals surface area contributed by atoms with Gasteiger partial charge in [-0.05, 0) is 62.6 Å². The minimum absolute atomic E-state index is 0.147. The molecule has 0 saturated heterocycles. The summed E-state index contributed by atoms with van der Waals surface area (Å²) in [6, 6.07) is 10.5. The van der Waals surface area contributed by atoms with E-state index in [1.54, 1.807) is 31.2 Å². The summed E-state index contributed by atoms with van der Waals surface area (Å²) in [4.78, 5) is 28.6. The minimum atomic E-state index is -0.740. The van der Waals surface area contributed by atoms with Crippen LogP contribution in [0.2, 0.25) is 0 Å². The molecule has 1 fully saturated rings. The van der Waals surface area contributed by atoms with Gasteiger partial charge in [0.15, 0.2) is 11.9 Å². The first-order chi connectivity index (χ1) is 16.4. The van der Waals surface area contributed by atoms with E-state index in [4.69, 9.17) is 14.4 Å². The van der Waals surface area contributed by atoms with Gasteiger partial charge in [0, 0.05) is 23.1 Å². The van der Waals surface area contributed by atoms with Crippen LogP contribution in [-0.2, 0) is 0 Å². The van der Waals surface area contributed by atoms with Gasteiger partial charge in [-0.15, -0.1) is 0 Å². The number of aliphatic hydroxyl groups is 1. The number of ether oxygens (including phenoxy) is 1. The third-order valence-electron chi connectivity index (χ3n) is 5.58. The fraction of sp³-hybridized carbons (Fsp3) is 0.360. The van der Waals surface area contributed by atoms with Crippen LogP contribution in [0.1, 0.15) is 65.8 Å². The molecule has 9 heteroatoms. The molecule has 1 amide bonds. The third-order valence-corrected chi connectivity index (χ3v) is 5.58. The molecule has 0 bridgehead atoms. The molecular formula is C25H26FN3O5. The van der Waals surface area contributed by atoms with E-state index in [1.807, 2.05) is 6.92 Å². The van der Waals surface area contributed by atoms with E-state index >= 15 is 0 Å². The molecule has 3 aromatic rings. The van der Waals surface area contributed by atoms with E-state index in [-0.39, 0.29) is 35.6 Å². The van der Waals surface area contributed by atoms with E-state index in [9.17, 15) is 14.0 Å². The van der Waals surface area contributed by atoms with Crippen LogP contribution in [0.3, 0.4) is 0 Å². The lowest BCUT2D eigenvalue weighted by atomic mass is 10.1. The topological polar surface area (TPSA) is 115 Å². The van der Waals surface area contributed by atoms with Crippen molar-refractivity contribution < 1.29 is 28.3 Å². The Bertz CT molecular complexity index is 1170. The Morgan fingerprint density at radius 3 is 2.59 bits per heavy atom. The first-order valence-corrected chi connectivity index (χ1v) is 11.3. The number of aliphatic hydroxyl groups excluding tert-OH is 1. The smallest absolute Gasteiger partial charge is 0.268 e. The number of amides is 1. The molecule has 2 aromatic carbocycles. The lowest BCUT2D eigenvalue weighted by Gasteiger charge is -2.13. The van der Waals surface area contributed by atoms with E-state index in [0.29, 0.717) is 23.3 Å². The maximum atomic E-state index is 14.5. The second-order valence-electron chi connectivity index (χ2n) is 8.39. The molecule has 8 nitrogen and oxygen atoms in total. The first-order valence-electron chi connectivity index (χ1n) is 11.3. The van der Waals surface area contributed by atoms with Crippen LogP contribution in [0.25, 0.3) is 11.4 Å². The summed E-state index contributed by atoms with van der Waals surface area (Å²) in [6.45, 7) is 3.26. The molecule has 1 saturated carbocycles. The second kappa shape index (κ2) is 10.1. The Labute approximate surface area is 196 Å². The van der Waals surface area contributed by atoms with Crippen molar-refractivity contribution in [3.8, 4) is 17.1 Å². The highest BCUT2D eigenvalue weighted by molar-refractivity contribution is 5.99. The Kier molecular flexibility index (Phi) is 7.02. The third kappa shape index (κ3) is 5.31. The van der Waals surface area contributed by atoms with Gasteiger partial charge in [-0.2, -0.15) is 4.98 Å². The summed E-state index contributed by atoms with van der Waals surface area (Å²) >= 11 is 0. The monoisotopic (exact) mass is 467 g/mol. The second-order valence-corrected chi connectivity index (χ2v) is 8.39. The van der Waals surface area contributed by atoms with Crippen LogP contribution in [-0.4, -0.2) is 39.6 Å². The van der Waals surface area contributed by atoms with Gasteiger partial charge < -0.3 is 19.7 Å². The van der Waals surface area contributed by atoms with Crippen molar-refractivity contribution in [1.29, 1.82) is 0 Å². The molecular weight excluding hydrogens is 441 g/mol. The Morgan fingerprint density at radius 2 is 1.97 bits per heavy atom. The molecule has 1 unspecified atom stereocenters. The van der Waals surface area contributed by atoms with Crippen molar-refractivity contribution in [1.82, 2.24) is 15.5 Å². The fourth-order valence-corrected chi connectivity index (χ4v) is 3.42. The number of hydrogen-bond donors (Lipinski definition) is 2. The fourth-order valence-electron chi connectivity index (χ4n) is 3.42. The number of Topliss-reactive ketones (excluding diaryl/α,β-unsaturated/α-hetero) is 1. The molecule has 1 aliphatic rings. The standard InChI is InChI=1S/C25H26FN3O5/c1-3-21(33-18-9-6-16(7-10-18)22(31)15-4-5-15)25-28-23(29-34-25)17-8-11-19(20(26)12-17)24(32)27-14(2)13-30/h6-12,14-15,21,30H,3-5,13H2,1-2H3,(H,27,32)/t14-,21?/m0/s1. The van der Waals surface area contributed by atoms with Crippen molar-refractivity contribution in [2.45, 2.75) is 45.3 Å². The zero-order chi connectivity index (χ0) is 24.2. The van der Waals surface area contributed by atoms with Gasteiger partial charge in [0.1, 0.15) is 11.6 Å². The first kappa shape index (κ1) is 23.6. The van der Waals surface area contributed by atoms with Gasteiger partial charge in [-0.25, -0.2) is 4.39 Å². The number of rotatable bonds is 10. The SMILES string of the molecule is CCC(Oc1ccc(C(=O)C2CC2)cc1)c1nc(-c2ccc(C(=O)N[C@@H](C)CO)c(F)c2)no1. The summed E-state index contributed by atoms with van der Waals surface area (Å²) in [5, 5.41) is 15.5. The number of hydrogen-bond acceptors (Lipinski definition) is 7. The quantitative estimate of drug-likeness (QED) is 0.431. The zero-order valence-electron chi connectivity index (χ0n) is 19.0. The van der Waals surface area contributed by atoms with E-state index < -0.39 is 23.9 Å². The molecule has 2 N–H and O–H groups in total. The van der Waals surface area contributed by atoms with E-state index in [2.05, 4.69) is 15.5 Å². The molecule has 1 aliphatic carbocycles. The maximum Gasteiger partial charge on any atom is 0.268 e. The number of nitrogens with zero attached hydrogens (tertiary/aromatic N) is 2. The molecule has 0 spiro atoms. The number of halogens is 1. The molecule has 0 aliphatic heterocycles. The van der Waals surface area contributed by atoms with Gasteiger partial charge >= 0.3 is 0 Å². The van der Waals surface area contributed by atoms with Crippen LogP contribution >= 0.6 is 0 Å². The van der Waals surface area contributed by atoms with Crippen molar-refractivity contribution in [2.75, 3.05) is 6.61 Å². The molecule has 178 valence electrons. The molecule has 2 atom stereocenters. The average molecular weight is 467 g/mol. The summed E-state index contributed by atoms with van der Waals surface area (Å²) in [5.74, 6) is -0.0773. The van der Waals surface area contributed by atoms with Crippen LogP contribution in [0.5, 0.6) is 5.75 Å². The number of aromatic nitrogens is 2. The summed E-state index contributed by atoms with van der Waals surface area (Å²) < 4.78 is 25.9. The zero-order valence-corrected chi connectivity index (χ0v) is 19.0. The van der Waals surface area contributed by atoms with Gasteiger partial charge in [0.25, 0.3) is 11.8 Å². The molecule has 1 heterocycles.